The van der Waals surface area contributed by atoms with Crippen molar-refractivity contribution in [3.63, 3.8) is 0 Å². The van der Waals surface area contributed by atoms with Crippen molar-refractivity contribution in [2.24, 2.45) is 0 Å². The Morgan fingerprint density at radius 3 is 2.24 bits per heavy atom. The van der Waals surface area contributed by atoms with Gasteiger partial charge in [-0.3, -0.25) is 4.79 Å². The molecule has 3 aromatic rings. The van der Waals surface area contributed by atoms with E-state index >= 15 is 0 Å². The second-order valence-corrected chi connectivity index (χ2v) is 7.25. The van der Waals surface area contributed by atoms with Gasteiger partial charge in [0.1, 0.15) is 12.2 Å². The summed E-state index contributed by atoms with van der Waals surface area (Å²) in [6.45, 7) is 0.520. The number of fused-ring (bicyclic) bond motifs is 1. The number of hydrogen-bond donors (Lipinski definition) is 1. The third-order valence-corrected chi connectivity index (χ3v) is 5.26. The first-order valence-electron chi connectivity index (χ1n) is 10.0. The Balaban J connectivity index is 1.79. The molecule has 0 spiro atoms. The lowest BCUT2D eigenvalue weighted by Gasteiger charge is -2.25. The summed E-state index contributed by atoms with van der Waals surface area (Å²) in [6.07, 6.45) is 0.0649. The molecule has 0 aromatic heterocycles. The highest BCUT2D eigenvalue weighted by Crippen LogP contribution is 2.39. The van der Waals surface area contributed by atoms with E-state index in [9.17, 15) is 9.90 Å². The fraction of sp³-hybridized carbons (Fsp3) is 0.240. The van der Waals surface area contributed by atoms with Crippen LogP contribution in [0.4, 0.5) is 5.69 Å². The molecule has 148 valence electrons. The van der Waals surface area contributed by atoms with E-state index in [-0.39, 0.29) is 18.6 Å². The van der Waals surface area contributed by atoms with Crippen LogP contribution >= 0.6 is 0 Å². The zero-order valence-electron chi connectivity index (χ0n) is 16.3. The smallest absolute Gasteiger partial charge is 0.256 e. The van der Waals surface area contributed by atoms with Crippen molar-refractivity contribution in [3.05, 3.63) is 102 Å². The van der Waals surface area contributed by atoms with Crippen molar-refractivity contribution in [1.29, 1.82) is 0 Å². The number of hydrogen-bond acceptors (Lipinski definition) is 3. The largest absolute Gasteiger partial charge is 0.396 e. The number of amides is 1. The first-order chi connectivity index (χ1) is 14.3. The maximum absolute atomic E-state index is 13.5. The summed E-state index contributed by atoms with van der Waals surface area (Å²) < 4.78 is 6.40. The van der Waals surface area contributed by atoms with Crippen LogP contribution in [0.1, 0.15) is 35.6 Å². The fourth-order valence-corrected chi connectivity index (χ4v) is 3.83. The topological polar surface area (TPSA) is 49.8 Å². The van der Waals surface area contributed by atoms with Gasteiger partial charge in [-0.25, -0.2) is 0 Å². The summed E-state index contributed by atoms with van der Waals surface area (Å²) >= 11 is 0. The van der Waals surface area contributed by atoms with Crippen molar-refractivity contribution in [2.45, 2.75) is 31.6 Å². The van der Waals surface area contributed by atoms with E-state index in [0.29, 0.717) is 19.4 Å². The minimum absolute atomic E-state index is 0.0365. The second kappa shape index (κ2) is 9.03. The van der Waals surface area contributed by atoms with Crippen LogP contribution in [0.15, 0.2) is 84.9 Å². The van der Waals surface area contributed by atoms with Crippen molar-refractivity contribution in [1.82, 2.24) is 0 Å². The summed E-state index contributed by atoms with van der Waals surface area (Å²) in [6, 6.07) is 28.0. The average molecular weight is 387 g/mol. The molecule has 1 heterocycles. The van der Waals surface area contributed by atoms with E-state index in [4.69, 9.17) is 4.74 Å². The number of rotatable bonds is 6. The molecule has 0 saturated heterocycles. The number of aliphatic hydroxyl groups is 1. The van der Waals surface area contributed by atoms with Crippen LogP contribution < -0.4 is 4.90 Å². The van der Waals surface area contributed by atoms with E-state index in [1.54, 1.807) is 0 Å². The Kier molecular flexibility index (Phi) is 6.03. The summed E-state index contributed by atoms with van der Waals surface area (Å²) in [7, 11) is 0. The number of anilines is 1. The van der Waals surface area contributed by atoms with Gasteiger partial charge in [0.2, 0.25) is 0 Å². The molecule has 4 rings (SSSR count). The van der Waals surface area contributed by atoms with E-state index in [2.05, 4.69) is 0 Å². The van der Waals surface area contributed by atoms with Gasteiger partial charge in [-0.05, 0) is 30.0 Å². The molecule has 4 nitrogen and oxygen atoms in total. The van der Waals surface area contributed by atoms with Crippen LogP contribution in [0.2, 0.25) is 0 Å². The molecule has 1 aliphatic rings. The SMILES string of the molecule is O=C1C(CCCO)OC(c2ccccc2)c2ccccc2N1Cc1ccccc1. The molecule has 1 aliphatic heterocycles. The zero-order valence-corrected chi connectivity index (χ0v) is 16.3. The third-order valence-electron chi connectivity index (χ3n) is 5.26. The van der Waals surface area contributed by atoms with Crippen molar-refractivity contribution < 1.29 is 14.6 Å². The molecule has 1 amide bonds. The molecule has 2 atom stereocenters. The number of para-hydroxylation sites is 1. The van der Waals surface area contributed by atoms with Crippen LogP contribution in [0.25, 0.3) is 0 Å². The van der Waals surface area contributed by atoms with Gasteiger partial charge in [0.05, 0.1) is 12.2 Å². The molecule has 0 aliphatic carbocycles. The number of benzene rings is 3. The number of aliphatic hydroxyl groups excluding tert-OH is 1. The molecule has 0 saturated carbocycles. The molecular weight excluding hydrogens is 362 g/mol. The highest BCUT2D eigenvalue weighted by atomic mass is 16.5. The standard InChI is InChI=1S/C25H25NO3/c27-17-9-16-23-25(28)26(18-19-10-3-1-4-11-19)22-15-8-7-14-21(22)24(29-23)20-12-5-2-6-13-20/h1-8,10-15,23-24,27H,9,16-18H2. The average Bonchev–Trinajstić information content (AvgIpc) is 2.89. The lowest BCUT2D eigenvalue weighted by molar-refractivity contribution is -0.132. The molecule has 0 bridgehead atoms. The Morgan fingerprint density at radius 1 is 0.862 bits per heavy atom. The third kappa shape index (κ3) is 4.24. The summed E-state index contributed by atoms with van der Waals surface area (Å²) in [5, 5.41) is 9.33. The number of carbonyl (C=O) groups excluding carboxylic acids is 1. The Bertz CT molecular complexity index is 943. The van der Waals surface area contributed by atoms with Gasteiger partial charge in [-0.1, -0.05) is 78.9 Å². The first-order valence-corrected chi connectivity index (χ1v) is 10.0. The molecule has 1 N–H and O–H groups in total. The van der Waals surface area contributed by atoms with Crippen molar-refractivity contribution in [2.75, 3.05) is 11.5 Å². The maximum Gasteiger partial charge on any atom is 0.256 e. The number of nitrogens with zero attached hydrogens (tertiary/aromatic N) is 1. The van der Waals surface area contributed by atoms with Crippen LogP contribution in [-0.4, -0.2) is 23.7 Å². The van der Waals surface area contributed by atoms with Crippen LogP contribution in [0.5, 0.6) is 0 Å². The van der Waals surface area contributed by atoms with Gasteiger partial charge < -0.3 is 14.7 Å². The molecule has 3 aromatic carbocycles. The van der Waals surface area contributed by atoms with Crippen molar-refractivity contribution in [3.8, 4) is 0 Å². The molecule has 2 unspecified atom stereocenters. The predicted octanol–water partition coefficient (Wildman–Crippen LogP) is 4.48. The minimum atomic E-state index is -0.608. The van der Waals surface area contributed by atoms with Gasteiger partial charge in [-0.15, -0.1) is 0 Å². The number of carbonyl (C=O) groups is 1. The lowest BCUT2D eigenvalue weighted by Crippen LogP contribution is -2.39. The Labute approximate surface area is 171 Å². The highest BCUT2D eigenvalue weighted by Gasteiger charge is 2.35. The van der Waals surface area contributed by atoms with Crippen LogP contribution in [-0.2, 0) is 16.1 Å². The van der Waals surface area contributed by atoms with Gasteiger partial charge >= 0.3 is 0 Å². The van der Waals surface area contributed by atoms with Crippen molar-refractivity contribution >= 4 is 11.6 Å². The van der Waals surface area contributed by atoms with Crippen LogP contribution in [0.3, 0.4) is 0 Å². The molecular formula is C25H25NO3. The van der Waals surface area contributed by atoms with E-state index in [1.807, 2.05) is 89.8 Å². The van der Waals surface area contributed by atoms with E-state index < -0.39 is 6.10 Å². The normalized spacial score (nSPS) is 18.9. The van der Waals surface area contributed by atoms with E-state index in [1.165, 1.54) is 0 Å². The number of ether oxygens (including phenoxy) is 1. The van der Waals surface area contributed by atoms with E-state index in [0.717, 1.165) is 22.4 Å². The molecule has 0 radical (unpaired) electrons. The Hall–Kier alpha value is -2.95. The lowest BCUT2D eigenvalue weighted by atomic mass is 9.99. The van der Waals surface area contributed by atoms with Gasteiger partial charge in [0.15, 0.2) is 0 Å². The maximum atomic E-state index is 13.5. The highest BCUT2D eigenvalue weighted by molar-refractivity contribution is 5.98. The van der Waals surface area contributed by atoms with Crippen LogP contribution in [0, 0.1) is 0 Å². The molecule has 4 heteroatoms. The summed E-state index contributed by atoms with van der Waals surface area (Å²) in [4.78, 5) is 15.3. The van der Waals surface area contributed by atoms with Gasteiger partial charge in [0, 0.05) is 12.2 Å². The first kappa shape index (κ1) is 19.4. The monoisotopic (exact) mass is 387 g/mol. The fourth-order valence-electron chi connectivity index (χ4n) is 3.83. The summed E-state index contributed by atoms with van der Waals surface area (Å²) in [5.41, 5.74) is 3.94. The molecule has 0 fully saturated rings. The Morgan fingerprint density at radius 2 is 1.52 bits per heavy atom. The molecule has 29 heavy (non-hydrogen) atoms. The zero-order chi connectivity index (χ0) is 20.1. The van der Waals surface area contributed by atoms with Gasteiger partial charge in [-0.2, -0.15) is 0 Å². The minimum Gasteiger partial charge on any atom is -0.396 e. The second-order valence-electron chi connectivity index (χ2n) is 7.25. The summed E-state index contributed by atoms with van der Waals surface area (Å²) in [5.74, 6) is -0.0619. The quantitative estimate of drug-likeness (QED) is 0.678. The predicted molar refractivity (Wildman–Crippen MR) is 114 cm³/mol. The van der Waals surface area contributed by atoms with Gasteiger partial charge in [0.25, 0.3) is 5.91 Å².